The zero-order chi connectivity index (χ0) is 13.9. The van der Waals surface area contributed by atoms with Crippen LogP contribution in [0.4, 0.5) is 5.82 Å². The predicted molar refractivity (Wildman–Crippen MR) is 83.0 cm³/mol. The first-order chi connectivity index (χ1) is 9.72. The average Bonchev–Trinajstić information content (AvgIpc) is 3.31. The molecular weight excluding hydrogens is 248 g/mol. The van der Waals surface area contributed by atoms with E-state index in [-0.39, 0.29) is 0 Å². The second kappa shape index (κ2) is 6.10. The second-order valence-electron chi connectivity index (χ2n) is 6.31. The van der Waals surface area contributed by atoms with E-state index >= 15 is 0 Å². The molecular formula is C16H26N4. The fourth-order valence-corrected chi connectivity index (χ4v) is 2.79. The van der Waals surface area contributed by atoms with Crippen LogP contribution in [0, 0.1) is 0 Å². The number of nitrogens with zero attached hydrogens (tertiary/aromatic N) is 3. The molecule has 1 N–H and O–H groups in total. The number of hydrogen-bond acceptors (Lipinski definition) is 4. The predicted octanol–water partition coefficient (Wildman–Crippen LogP) is 1.86. The highest BCUT2D eigenvalue weighted by atomic mass is 15.3. The van der Waals surface area contributed by atoms with E-state index in [1.807, 2.05) is 6.20 Å². The van der Waals surface area contributed by atoms with Crippen LogP contribution < -0.4 is 10.2 Å². The molecule has 0 radical (unpaired) electrons. The summed E-state index contributed by atoms with van der Waals surface area (Å²) < 4.78 is 0. The van der Waals surface area contributed by atoms with Gasteiger partial charge in [0.25, 0.3) is 0 Å². The van der Waals surface area contributed by atoms with Gasteiger partial charge in [-0.05, 0) is 24.5 Å². The summed E-state index contributed by atoms with van der Waals surface area (Å²) in [6.45, 7) is 9.87. The minimum atomic E-state index is 0.519. The Morgan fingerprint density at radius 1 is 1.20 bits per heavy atom. The molecule has 1 aliphatic heterocycles. The van der Waals surface area contributed by atoms with Gasteiger partial charge in [-0.25, -0.2) is 4.98 Å². The first kappa shape index (κ1) is 13.8. The van der Waals surface area contributed by atoms with E-state index in [1.54, 1.807) is 0 Å². The monoisotopic (exact) mass is 274 g/mol. The third kappa shape index (κ3) is 3.49. The van der Waals surface area contributed by atoms with E-state index in [0.717, 1.165) is 31.5 Å². The van der Waals surface area contributed by atoms with Gasteiger partial charge in [-0.15, -0.1) is 0 Å². The van der Waals surface area contributed by atoms with Gasteiger partial charge in [0.2, 0.25) is 0 Å². The summed E-state index contributed by atoms with van der Waals surface area (Å²) in [4.78, 5) is 9.68. The highest BCUT2D eigenvalue weighted by molar-refractivity contribution is 5.40. The van der Waals surface area contributed by atoms with Crippen molar-refractivity contribution in [2.24, 2.45) is 0 Å². The van der Waals surface area contributed by atoms with Crippen molar-refractivity contribution in [1.29, 1.82) is 0 Å². The van der Waals surface area contributed by atoms with E-state index in [4.69, 9.17) is 0 Å². The summed E-state index contributed by atoms with van der Waals surface area (Å²) in [5.41, 5.74) is 1.26. The molecule has 1 aliphatic carbocycles. The van der Waals surface area contributed by atoms with Gasteiger partial charge in [0.05, 0.1) is 0 Å². The van der Waals surface area contributed by atoms with Gasteiger partial charge in [-0.1, -0.05) is 19.9 Å². The van der Waals surface area contributed by atoms with Crippen molar-refractivity contribution < 1.29 is 0 Å². The lowest BCUT2D eigenvalue weighted by Crippen LogP contribution is -2.47. The van der Waals surface area contributed by atoms with Gasteiger partial charge in [0.1, 0.15) is 5.82 Å². The summed E-state index contributed by atoms with van der Waals surface area (Å²) in [6, 6.07) is 5.79. The first-order valence-electron chi connectivity index (χ1n) is 7.89. The number of pyridine rings is 1. The van der Waals surface area contributed by atoms with Crippen LogP contribution in [-0.4, -0.2) is 48.1 Å². The van der Waals surface area contributed by atoms with Crippen LogP contribution in [0.2, 0.25) is 0 Å². The van der Waals surface area contributed by atoms with E-state index in [1.165, 1.54) is 31.5 Å². The van der Waals surface area contributed by atoms with Crippen molar-refractivity contribution >= 4 is 5.82 Å². The molecule has 20 heavy (non-hydrogen) atoms. The van der Waals surface area contributed by atoms with Crippen LogP contribution in [0.5, 0.6) is 0 Å². The molecule has 4 heteroatoms. The Labute approximate surface area is 122 Å². The van der Waals surface area contributed by atoms with Crippen molar-refractivity contribution in [3.8, 4) is 0 Å². The maximum Gasteiger partial charge on any atom is 0.128 e. The molecule has 1 saturated heterocycles. The molecule has 0 spiro atoms. The van der Waals surface area contributed by atoms with Crippen LogP contribution in [0.15, 0.2) is 18.3 Å². The highest BCUT2D eigenvalue weighted by Crippen LogP contribution is 2.28. The lowest BCUT2D eigenvalue weighted by Gasteiger charge is -2.35. The highest BCUT2D eigenvalue weighted by Gasteiger charge is 2.31. The molecule has 0 atom stereocenters. The number of nitrogens with one attached hydrogen (secondary N) is 1. The van der Waals surface area contributed by atoms with Crippen LogP contribution >= 0.6 is 0 Å². The van der Waals surface area contributed by atoms with E-state index < -0.39 is 0 Å². The molecule has 4 nitrogen and oxygen atoms in total. The van der Waals surface area contributed by atoms with Gasteiger partial charge >= 0.3 is 0 Å². The van der Waals surface area contributed by atoms with Gasteiger partial charge in [-0.3, -0.25) is 4.90 Å². The molecule has 1 saturated carbocycles. The van der Waals surface area contributed by atoms with Crippen LogP contribution in [0.1, 0.15) is 32.3 Å². The standard InChI is InChI=1S/C16H26N4/c1-13(2)17-11-14-3-6-16(18-12-14)20-9-7-19(8-10-20)15-4-5-15/h3,6,12-13,15,17H,4-5,7-11H2,1-2H3. The molecule has 0 unspecified atom stereocenters. The van der Waals surface area contributed by atoms with Crippen molar-refractivity contribution in [3.05, 3.63) is 23.9 Å². The Morgan fingerprint density at radius 2 is 1.95 bits per heavy atom. The number of hydrogen-bond donors (Lipinski definition) is 1. The number of rotatable bonds is 5. The normalized spacial score (nSPS) is 20.6. The fourth-order valence-electron chi connectivity index (χ4n) is 2.79. The topological polar surface area (TPSA) is 31.4 Å². The molecule has 0 bridgehead atoms. The third-order valence-electron chi connectivity index (χ3n) is 4.23. The Balaban J connectivity index is 1.52. The Kier molecular flexibility index (Phi) is 4.22. The molecule has 0 aromatic carbocycles. The summed E-state index contributed by atoms with van der Waals surface area (Å²) in [6.07, 6.45) is 4.84. The number of anilines is 1. The zero-order valence-corrected chi connectivity index (χ0v) is 12.7. The molecule has 0 amide bonds. The molecule has 3 rings (SSSR count). The van der Waals surface area contributed by atoms with Crippen LogP contribution in [0.25, 0.3) is 0 Å². The maximum atomic E-state index is 4.63. The minimum absolute atomic E-state index is 0.519. The van der Waals surface area contributed by atoms with Crippen LogP contribution in [-0.2, 0) is 6.54 Å². The second-order valence-corrected chi connectivity index (χ2v) is 6.31. The SMILES string of the molecule is CC(C)NCc1ccc(N2CCN(C3CC3)CC2)nc1. The molecule has 2 aliphatic rings. The van der Waals surface area contributed by atoms with Gasteiger partial charge in [-0.2, -0.15) is 0 Å². The first-order valence-corrected chi connectivity index (χ1v) is 7.89. The van der Waals surface area contributed by atoms with Crippen molar-refractivity contribution in [2.75, 3.05) is 31.1 Å². The average molecular weight is 274 g/mol. The van der Waals surface area contributed by atoms with Crippen LogP contribution in [0.3, 0.4) is 0 Å². The summed E-state index contributed by atoms with van der Waals surface area (Å²) >= 11 is 0. The lowest BCUT2D eigenvalue weighted by atomic mass is 10.2. The van der Waals surface area contributed by atoms with Crippen molar-refractivity contribution in [2.45, 2.75) is 45.3 Å². The molecule has 110 valence electrons. The lowest BCUT2D eigenvalue weighted by molar-refractivity contribution is 0.247. The zero-order valence-electron chi connectivity index (χ0n) is 12.7. The molecule has 2 fully saturated rings. The van der Waals surface area contributed by atoms with E-state index in [9.17, 15) is 0 Å². The Morgan fingerprint density at radius 3 is 2.50 bits per heavy atom. The van der Waals surface area contributed by atoms with Gasteiger partial charge < -0.3 is 10.2 Å². The summed E-state index contributed by atoms with van der Waals surface area (Å²) in [5, 5.41) is 3.43. The van der Waals surface area contributed by atoms with Gasteiger partial charge in [0, 0.05) is 51.0 Å². The summed E-state index contributed by atoms with van der Waals surface area (Å²) in [7, 11) is 0. The number of aromatic nitrogens is 1. The molecule has 2 heterocycles. The maximum absolute atomic E-state index is 4.63. The Hall–Kier alpha value is -1.13. The van der Waals surface area contributed by atoms with Crippen molar-refractivity contribution in [1.82, 2.24) is 15.2 Å². The number of piperazine rings is 1. The fraction of sp³-hybridized carbons (Fsp3) is 0.688. The Bertz CT molecular complexity index is 417. The largest absolute Gasteiger partial charge is 0.354 e. The summed E-state index contributed by atoms with van der Waals surface area (Å²) in [5.74, 6) is 1.13. The van der Waals surface area contributed by atoms with E-state index in [0.29, 0.717) is 6.04 Å². The van der Waals surface area contributed by atoms with Gasteiger partial charge in [0.15, 0.2) is 0 Å². The quantitative estimate of drug-likeness (QED) is 0.888. The minimum Gasteiger partial charge on any atom is -0.354 e. The smallest absolute Gasteiger partial charge is 0.128 e. The van der Waals surface area contributed by atoms with Crippen molar-refractivity contribution in [3.63, 3.8) is 0 Å². The third-order valence-corrected chi connectivity index (χ3v) is 4.23. The molecule has 1 aromatic heterocycles. The van der Waals surface area contributed by atoms with E-state index in [2.05, 4.69) is 46.1 Å². The molecule has 1 aromatic rings.